The molecule has 6 heteroatoms. The van der Waals surface area contributed by atoms with E-state index < -0.39 is 6.10 Å². The molecule has 0 aromatic carbocycles. The van der Waals surface area contributed by atoms with E-state index in [2.05, 4.69) is 81.5 Å². The van der Waals surface area contributed by atoms with Crippen LogP contribution in [0.3, 0.4) is 0 Å². The molecule has 0 aromatic rings. The van der Waals surface area contributed by atoms with Crippen LogP contribution in [0.25, 0.3) is 0 Å². The number of esters is 3. The highest BCUT2D eigenvalue weighted by Gasteiger charge is 2.19. The van der Waals surface area contributed by atoms with Gasteiger partial charge in [-0.2, -0.15) is 0 Å². The average Bonchev–Trinajstić information content (AvgIpc) is 3.33. The molecule has 67 heavy (non-hydrogen) atoms. The zero-order valence-electron chi connectivity index (χ0n) is 44.4. The molecule has 0 saturated heterocycles. The molecule has 0 spiro atoms. The second kappa shape index (κ2) is 55.7. The molecule has 0 N–H and O–H groups in total. The molecule has 0 aromatic heterocycles. The van der Waals surface area contributed by atoms with Gasteiger partial charge in [-0.25, -0.2) is 0 Å². The molecule has 0 rings (SSSR count). The van der Waals surface area contributed by atoms with Crippen LogP contribution in [0.2, 0.25) is 0 Å². The number of hydrogen-bond acceptors (Lipinski definition) is 6. The number of ether oxygens (including phenoxy) is 3. The first-order chi connectivity index (χ1) is 33.0. The number of carbonyl (C=O) groups excluding carboxylic acids is 3. The summed E-state index contributed by atoms with van der Waals surface area (Å²) in [6.07, 6.45) is 69.2. The number of carbonyl (C=O) groups is 3. The molecule has 0 saturated carbocycles. The lowest BCUT2D eigenvalue weighted by atomic mass is 10.0. The molecule has 1 atom stereocenters. The van der Waals surface area contributed by atoms with Crippen molar-refractivity contribution < 1.29 is 28.6 Å². The summed E-state index contributed by atoms with van der Waals surface area (Å²) in [5, 5.41) is 0. The SMILES string of the molecule is CCCCC/C=C\C/C=C\C/C=C\C/C=C\CCCC(=O)OC[C@H](COC(=O)CCCCCCCCC/C=C\CCCCCCCC)OC(=O)CCCCCCCCCCCCCCCCC. The van der Waals surface area contributed by atoms with Gasteiger partial charge in [0, 0.05) is 19.3 Å². The van der Waals surface area contributed by atoms with Gasteiger partial charge in [-0.05, 0) is 83.5 Å². The Morgan fingerprint density at radius 3 is 0.940 bits per heavy atom. The van der Waals surface area contributed by atoms with E-state index in [9.17, 15) is 14.4 Å². The Balaban J connectivity index is 4.44. The summed E-state index contributed by atoms with van der Waals surface area (Å²) in [6.45, 7) is 6.58. The van der Waals surface area contributed by atoms with Gasteiger partial charge in [0.15, 0.2) is 6.10 Å². The van der Waals surface area contributed by atoms with E-state index in [1.54, 1.807) is 0 Å². The topological polar surface area (TPSA) is 78.9 Å². The number of rotatable bonds is 52. The summed E-state index contributed by atoms with van der Waals surface area (Å²) in [5.74, 6) is -0.941. The quantitative estimate of drug-likeness (QED) is 0.0262. The lowest BCUT2D eigenvalue weighted by Gasteiger charge is -2.18. The predicted octanol–water partition coefficient (Wildman–Crippen LogP) is 19.2. The van der Waals surface area contributed by atoms with E-state index in [1.807, 2.05) is 0 Å². The lowest BCUT2D eigenvalue weighted by Crippen LogP contribution is -2.30. The van der Waals surface area contributed by atoms with Crippen molar-refractivity contribution in [3.8, 4) is 0 Å². The fourth-order valence-electron chi connectivity index (χ4n) is 8.14. The molecule has 0 aliphatic carbocycles. The minimum absolute atomic E-state index is 0.0909. The van der Waals surface area contributed by atoms with Gasteiger partial charge in [0.1, 0.15) is 13.2 Å². The Morgan fingerprint density at radius 1 is 0.299 bits per heavy atom. The highest BCUT2D eigenvalue weighted by atomic mass is 16.6. The molecule has 0 aliphatic rings. The fraction of sp³-hybridized carbons (Fsp3) is 0.787. The third-order valence-corrected chi connectivity index (χ3v) is 12.5. The summed E-state index contributed by atoms with van der Waals surface area (Å²) in [4.78, 5) is 38.1. The highest BCUT2D eigenvalue weighted by molar-refractivity contribution is 5.71. The minimum atomic E-state index is -0.796. The molecule has 0 heterocycles. The van der Waals surface area contributed by atoms with Crippen LogP contribution in [0.15, 0.2) is 60.8 Å². The van der Waals surface area contributed by atoms with Crippen molar-refractivity contribution >= 4 is 17.9 Å². The molecule has 0 unspecified atom stereocenters. The van der Waals surface area contributed by atoms with Crippen LogP contribution >= 0.6 is 0 Å². The standard InChI is InChI=1S/C61H108O6/c1-4-7-10-13-16-19-22-25-28-30-33-35-38-41-44-47-50-53-59(62)65-56-58(67-61(64)55-52-49-46-43-40-37-32-27-24-21-18-15-12-9-6-3)57-66-60(63)54-51-48-45-42-39-36-34-31-29-26-23-20-17-14-11-8-5-2/h16,19,25-26,28-29,33,35,41,44,58H,4-15,17-18,20-24,27,30-32,34,36-40,42-43,45-57H2,1-3H3/b19-16-,28-25-,29-26-,35-33-,44-41-/t58-/m1/s1. The maximum Gasteiger partial charge on any atom is 0.306 e. The summed E-state index contributed by atoms with van der Waals surface area (Å²) in [5.41, 5.74) is 0. The van der Waals surface area contributed by atoms with Crippen LogP contribution in [0, 0.1) is 0 Å². The smallest absolute Gasteiger partial charge is 0.306 e. The van der Waals surface area contributed by atoms with E-state index in [4.69, 9.17) is 14.2 Å². The second-order valence-corrected chi connectivity index (χ2v) is 19.2. The van der Waals surface area contributed by atoms with Crippen LogP contribution in [-0.2, 0) is 28.6 Å². The van der Waals surface area contributed by atoms with Crippen molar-refractivity contribution in [1.29, 1.82) is 0 Å². The first kappa shape index (κ1) is 64.1. The normalized spacial score (nSPS) is 12.5. The van der Waals surface area contributed by atoms with E-state index in [-0.39, 0.29) is 37.5 Å². The summed E-state index contributed by atoms with van der Waals surface area (Å²) >= 11 is 0. The predicted molar refractivity (Wildman–Crippen MR) is 288 cm³/mol. The molecule has 0 aliphatic heterocycles. The number of allylic oxidation sites excluding steroid dienone is 10. The zero-order chi connectivity index (χ0) is 48.6. The summed E-state index contributed by atoms with van der Waals surface area (Å²) < 4.78 is 16.8. The second-order valence-electron chi connectivity index (χ2n) is 19.2. The fourth-order valence-corrected chi connectivity index (χ4v) is 8.14. The Labute approximate surface area is 415 Å². The van der Waals surface area contributed by atoms with Gasteiger partial charge in [0.2, 0.25) is 0 Å². The molecule has 6 nitrogen and oxygen atoms in total. The van der Waals surface area contributed by atoms with Crippen molar-refractivity contribution in [2.24, 2.45) is 0 Å². The van der Waals surface area contributed by atoms with Crippen LogP contribution in [0.1, 0.15) is 290 Å². The maximum atomic E-state index is 12.8. The third-order valence-electron chi connectivity index (χ3n) is 12.5. The van der Waals surface area contributed by atoms with Gasteiger partial charge in [-0.1, -0.05) is 248 Å². The first-order valence-electron chi connectivity index (χ1n) is 28.8. The number of hydrogen-bond donors (Lipinski definition) is 0. The summed E-state index contributed by atoms with van der Waals surface area (Å²) in [6, 6.07) is 0. The molecular weight excluding hydrogens is 829 g/mol. The van der Waals surface area contributed by atoms with Gasteiger partial charge >= 0.3 is 17.9 Å². The van der Waals surface area contributed by atoms with Crippen molar-refractivity contribution in [2.75, 3.05) is 13.2 Å². The van der Waals surface area contributed by atoms with Gasteiger partial charge in [0.25, 0.3) is 0 Å². The molecule has 0 bridgehead atoms. The Morgan fingerprint density at radius 2 is 0.552 bits per heavy atom. The van der Waals surface area contributed by atoms with E-state index >= 15 is 0 Å². The highest BCUT2D eigenvalue weighted by Crippen LogP contribution is 2.16. The van der Waals surface area contributed by atoms with Crippen molar-refractivity contribution in [2.45, 2.75) is 297 Å². The van der Waals surface area contributed by atoms with Gasteiger partial charge in [-0.3, -0.25) is 14.4 Å². The van der Waals surface area contributed by atoms with E-state index in [0.717, 1.165) is 64.2 Å². The van der Waals surface area contributed by atoms with Gasteiger partial charge < -0.3 is 14.2 Å². The Hall–Kier alpha value is -2.89. The van der Waals surface area contributed by atoms with Crippen LogP contribution in [-0.4, -0.2) is 37.2 Å². The van der Waals surface area contributed by atoms with E-state index in [0.29, 0.717) is 19.3 Å². The lowest BCUT2D eigenvalue weighted by molar-refractivity contribution is -0.167. The largest absolute Gasteiger partial charge is 0.462 e. The Bertz CT molecular complexity index is 1210. The van der Waals surface area contributed by atoms with Gasteiger partial charge in [0.05, 0.1) is 0 Å². The van der Waals surface area contributed by atoms with Crippen molar-refractivity contribution in [3.63, 3.8) is 0 Å². The average molecular weight is 938 g/mol. The third kappa shape index (κ3) is 53.9. The van der Waals surface area contributed by atoms with Crippen LogP contribution in [0.5, 0.6) is 0 Å². The minimum Gasteiger partial charge on any atom is -0.462 e. The molecule has 0 amide bonds. The van der Waals surface area contributed by atoms with Crippen molar-refractivity contribution in [1.82, 2.24) is 0 Å². The van der Waals surface area contributed by atoms with Crippen molar-refractivity contribution in [3.05, 3.63) is 60.8 Å². The zero-order valence-corrected chi connectivity index (χ0v) is 44.4. The van der Waals surface area contributed by atoms with Crippen LogP contribution in [0.4, 0.5) is 0 Å². The van der Waals surface area contributed by atoms with Crippen LogP contribution < -0.4 is 0 Å². The van der Waals surface area contributed by atoms with Gasteiger partial charge in [-0.15, -0.1) is 0 Å². The molecule has 0 fully saturated rings. The first-order valence-corrected chi connectivity index (χ1v) is 28.8. The Kier molecular flexibility index (Phi) is 53.3. The maximum absolute atomic E-state index is 12.8. The van der Waals surface area contributed by atoms with E-state index in [1.165, 1.54) is 180 Å². The molecule has 388 valence electrons. The number of unbranched alkanes of at least 4 members (excludes halogenated alkanes) is 31. The molecular formula is C61H108O6. The molecule has 0 radical (unpaired) electrons. The summed E-state index contributed by atoms with van der Waals surface area (Å²) in [7, 11) is 0. The monoisotopic (exact) mass is 937 g/mol.